The maximum Gasteiger partial charge on any atom is 0.407 e. The van der Waals surface area contributed by atoms with Crippen LogP contribution < -0.4 is 5.32 Å². The number of amides is 1. The Morgan fingerprint density at radius 3 is 2.37 bits per heavy atom. The molecule has 108 valence electrons. The Morgan fingerprint density at radius 2 is 1.95 bits per heavy atom. The van der Waals surface area contributed by atoms with Crippen LogP contribution in [0.4, 0.5) is 4.79 Å². The first-order valence-electron chi connectivity index (χ1n) is 6.44. The molecule has 0 unspecified atom stereocenters. The van der Waals surface area contributed by atoms with Crippen LogP contribution in [0.15, 0.2) is 0 Å². The van der Waals surface area contributed by atoms with Crippen LogP contribution in [0.3, 0.4) is 0 Å². The van der Waals surface area contributed by atoms with Gasteiger partial charge in [0.15, 0.2) is 0 Å². The third-order valence-electron chi connectivity index (χ3n) is 2.88. The predicted octanol–water partition coefficient (Wildman–Crippen LogP) is 2.77. The summed E-state index contributed by atoms with van der Waals surface area (Å²) >= 11 is 0. The maximum absolute atomic E-state index is 11.6. The minimum Gasteiger partial charge on any atom is -0.449 e. The molecule has 0 fully saturated rings. The van der Waals surface area contributed by atoms with Gasteiger partial charge in [0.1, 0.15) is 6.29 Å². The minimum absolute atomic E-state index is 0.165. The lowest BCUT2D eigenvalue weighted by atomic mass is 9.88. The van der Waals surface area contributed by atoms with Gasteiger partial charge in [-0.25, -0.2) is 4.79 Å². The molecule has 1 N–H and O–H groups in total. The first-order chi connectivity index (χ1) is 8.62. The van der Waals surface area contributed by atoms with Crippen LogP contribution in [0.1, 0.15) is 47.5 Å². The average Bonchev–Trinajstić information content (AvgIpc) is 2.29. The molecule has 0 aromatic rings. The summed E-state index contributed by atoms with van der Waals surface area (Å²) in [5.41, 5.74) is -0.498. The lowest BCUT2D eigenvalue weighted by Gasteiger charge is -2.28. The van der Waals surface area contributed by atoms with E-state index in [0.29, 0.717) is 6.42 Å². The van der Waals surface area contributed by atoms with Crippen molar-refractivity contribution in [2.45, 2.75) is 53.5 Å². The van der Waals surface area contributed by atoms with Crippen LogP contribution in [0.5, 0.6) is 0 Å². The lowest BCUT2D eigenvalue weighted by Crippen LogP contribution is -2.45. The van der Waals surface area contributed by atoms with Crippen LogP contribution in [-0.4, -0.2) is 25.0 Å². The zero-order valence-electron chi connectivity index (χ0n) is 12.6. The highest BCUT2D eigenvalue weighted by Gasteiger charge is 2.27. The van der Waals surface area contributed by atoms with Crippen LogP contribution in [0.2, 0.25) is 0 Å². The van der Waals surface area contributed by atoms with Crippen molar-refractivity contribution in [3.05, 3.63) is 0 Å². The highest BCUT2D eigenvalue weighted by Crippen LogP contribution is 2.22. The van der Waals surface area contributed by atoms with E-state index in [1.807, 2.05) is 34.6 Å². The Labute approximate surface area is 116 Å². The molecular formula is C15H25NO3. The normalized spacial score (nSPS) is 13.3. The third-order valence-corrected chi connectivity index (χ3v) is 2.88. The van der Waals surface area contributed by atoms with Gasteiger partial charge in [-0.15, -0.1) is 12.3 Å². The monoisotopic (exact) mass is 267 g/mol. The number of ether oxygens (including phenoxy) is 1. The molecule has 0 aliphatic rings. The molecule has 1 atom stereocenters. The second-order valence-electron chi connectivity index (χ2n) is 6.57. The number of terminal acetylenes is 1. The van der Waals surface area contributed by atoms with Crippen LogP contribution in [0, 0.1) is 23.2 Å². The van der Waals surface area contributed by atoms with Crippen molar-refractivity contribution in [2.75, 3.05) is 6.61 Å². The van der Waals surface area contributed by atoms with Crippen LogP contribution in [-0.2, 0) is 9.53 Å². The number of carbonyl (C=O) groups excluding carboxylic acids is 2. The predicted molar refractivity (Wildman–Crippen MR) is 75.6 cm³/mol. The van der Waals surface area contributed by atoms with E-state index < -0.39 is 12.1 Å². The number of hydrogen-bond acceptors (Lipinski definition) is 3. The van der Waals surface area contributed by atoms with Gasteiger partial charge in [-0.3, -0.25) is 0 Å². The molecule has 0 aliphatic carbocycles. The quantitative estimate of drug-likeness (QED) is 0.594. The summed E-state index contributed by atoms with van der Waals surface area (Å²) in [4.78, 5) is 22.6. The second-order valence-corrected chi connectivity index (χ2v) is 6.57. The van der Waals surface area contributed by atoms with Crippen molar-refractivity contribution in [1.29, 1.82) is 0 Å². The summed E-state index contributed by atoms with van der Waals surface area (Å²) in [6.45, 7) is 9.88. The van der Waals surface area contributed by atoms with Crippen molar-refractivity contribution in [3.8, 4) is 12.3 Å². The molecule has 0 radical (unpaired) electrons. The van der Waals surface area contributed by atoms with Crippen molar-refractivity contribution in [3.63, 3.8) is 0 Å². The van der Waals surface area contributed by atoms with E-state index in [2.05, 4.69) is 11.2 Å². The van der Waals surface area contributed by atoms with Crippen molar-refractivity contribution in [2.24, 2.45) is 10.8 Å². The Balaban J connectivity index is 4.26. The summed E-state index contributed by atoms with van der Waals surface area (Å²) in [5.74, 6) is 2.57. The minimum atomic E-state index is -0.569. The molecule has 0 aromatic heterocycles. The first kappa shape index (κ1) is 17.5. The van der Waals surface area contributed by atoms with Gasteiger partial charge in [-0.2, -0.15) is 0 Å². The van der Waals surface area contributed by atoms with E-state index in [1.165, 1.54) is 0 Å². The molecule has 0 bridgehead atoms. The molecule has 0 heterocycles. The van der Waals surface area contributed by atoms with Gasteiger partial charge in [0.05, 0.1) is 12.6 Å². The smallest absolute Gasteiger partial charge is 0.407 e. The molecule has 0 saturated carbocycles. The molecule has 0 aromatic carbocycles. The van der Waals surface area contributed by atoms with Gasteiger partial charge in [-0.05, 0) is 17.3 Å². The lowest BCUT2D eigenvalue weighted by molar-refractivity contribution is -0.111. The van der Waals surface area contributed by atoms with Gasteiger partial charge >= 0.3 is 6.09 Å². The molecule has 0 aliphatic heterocycles. The van der Waals surface area contributed by atoms with E-state index in [-0.39, 0.29) is 17.4 Å². The molecule has 4 nitrogen and oxygen atoms in total. The number of nitrogens with one attached hydrogen (secondary N) is 1. The fourth-order valence-electron chi connectivity index (χ4n) is 1.37. The third kappa shape index (κ3) is 7.50. The topological polar surface area (TPSA) is 55.4 Å². The van der Waals surface area contributed by atoms with E-state index in [0.717, 1.165) is 12.7 Å². The maximum atomic E-state index is 11.6. The zero-order chi connectivity index (χ0) is 15.1. The van der Waals surface area contributed by atoms with Gasteiger partial charge in [0.2, 0.25) is 0 Å². The first-order valence-corrected chi connectivity index (χ1v) is 6.44. The molecule has 1 amide bonds. The Bertz CT molecular complexity index is 347. The highest BCUT2D eigenvalue weighted by molar-refractivity contribution is 5.73. The van der Waals surface area contributed by atoms with Crippen molar-refractivity contribution < 1.29 is 14.3 Å². The summed E-state index contributed by atoms with van der Waals surface area (Å²) in [6.07, 6.45) is 6.81. The standard InChI is InChI=1S/C15H25NO3/c1-7-8-9-15(5,6)11-19-13(18)16-12(10-17)14(2,3)4/h1,10,12H,8-9,11H2,2-6H3,(H,16,18)/t12-/m1/s1. The number of aldehydes is 1. The molecule has 0 rings (SSSR count). The zero-order valence-corrected chi connectivity index (χ0v) is 12.6. The summed E-state index contributed by atoms with van der Waals surface area (Å²) in [7, 11) is 0. The molecule has 0 spiro atoms. The highest BCUT2D eigenvalue weighted by atomic mass is 16.5. The number of alkyl carbamates (subject to hydrolysis) is 1. The van der Waals surface area contributed by atoms with Crippen LogP contribution >= 0.6 is 0 Å². The van der Waals surface area contributed by atoms with E-state index in [9.17, 15) is 9.59 Å². The van der Waals surface area contributed by atoms with Gasteiger partial charge in [-0.1, -0.05) is 34.6 Å². The van der Waals surface area contributed by atoms with E-state index in [4.69, 9.17) is 11.2 Å². The van der Waals surface area contributed by atoms with Crippen LogP contribution in [0.25, 0.3) is 0 Å². The average molecular weight is 267 g/mol. The van der Waals surface area contributed by atoms with E-state index >= 15 is 0 Å². The largest absolute Gasteiger partial charge is 0.449 e. The Kier molecular flexibility index (Phi) is 6.61. The van der Waals surface area contributed by atoms with Crippen molar-refractivity contribution >= 4 is 12.4 Å². The number of hydrogen-bond donors (Lipinski definition) is 1. The summed E-state index contributed by atoms with van der Waals surface area (Å²) in [5, 5.41) is 2.57. The van der Waals surface area contributed by atoms with Gasteiger partial charge < -0.3 is 14.8 Å². The summed E-state index contributed by atoms with van der Waals surface area (Å²) in [6, 6.07) is -0.561. The molecular weight excluding hydrogens is 242 g/mol. The fraction of sp³-hybridized carbons (Fsp3) is 0.733. The number of rotatable bonds is 6. The molecule has 4 heteroatoms. The van der Waals surface area contributed by atoms with Crippen molar-refractivity contribution in [1.82, 2.24) is 5.32 Å². The SMILES string of the molecule is C#CCCC(C)(C)COC(=O)N[C@H](C=O)C(C)(C)C. The van der Waals surface area contributed by atoms with Gasteiger partial charge in [0, 0.05) is 6.42 Å². The number of carbonyl (C=O) groups is 2. The molecule has 19 heavy (non-hydrogen) atoms. The molecule has 0 saturated heterocycles. The van der Waals surface area contributed by atoms with E-state index in [1.54, 1.807) is 0 Å². The second kappa shape index (κ2) is 7.18. The van der Waals surface area contributed by atoms with Gasteiger partial charge in [0.25, 0.3) is 0 Å². The summed E-state index contributed by atoms with van der Waals surface area (Å²) < 4.78 is 5.15. The fourth-order valence-corrected chi connectivity index (χ4v) is 1.37. The Hall–Kier alpha value is -1.50. The Morgan fingerprint density at radius 1 is 1.37 bits per heavy atom.